The molecule has 0 aliphatic heterocycles. The first kappa shape index (κ1) is 40.2. The molecule has 1 heterocycles. The second-order valence-corrected chi connectivity index (χ2v) is 14.1. The maximum absolute atomic E-state index is 12.4. The van der Waals surface area contributed by atoms with E-state index in [-0.39, 0.29) is 82.1 Å². The van der Waals surface area contributed by atoms with Gasteiger partial charge in [-0.2, -0.15) is 40.2 Å². The van der Waals surface area contributed by atoms with Gasteiger partial charge in [-0.25, -0.2) is 0 Å². The number of aromatic hydroxyl groups is 1. The van der Waals surface area contributed by atoms with Gasteiger partial charge in [0.1, 0.15) is 21.2 Å². The van der Waals surface area contributed by atoms with Crippen molar-refractivity contribution in [3.63, 3.8) is 0 Å². The molecule has 49 heavy (non-hydrogen) atoms. The Morgan fingerprint density at radius 2 is 1.29 bits per heavy atom. The fraction of sp³-hybridized carbons (Fsp3) is 0.0385. The van der Waals surface area contributed by atoms with E-state index in [9.17, 15) is 44.0 Å². The number of benzene rings is 4. The van der Waals surface area contributed by atoms with Crippen molar-refractivity contribution >= 4 is 136 Å². The quantitative estimate of drug-likeness (QED) is 0.0684. The molecule has 0 unspecified atom stereocenters. The van der Waals surface area contributed by atoms with Gasteiger partial charge >= 0.3 is 0 Å². The molecule has 4 aromatic carbocycles. The third-order valence-corrected chi connectivity index (χ3v) is 9.11. The van der Waals surface area contributed by atoms with Crippen LogP contribution in [-0.2, 0) is 30.4 Å². The van der Waals surface area contributed by atoms with Crippen LogP contribution in [0.4, 0.5) is 34.6 Å². The van der Waals surface area contributed by atoms with Crippen molar-refractivity contribution in [3.8, 4) is 5.75 Å². The zero-order valence-electron chi connectivity index (χ0n) is 25.4. The fourth-order valence-electron chi connectivity index (χ4n) is 4.28. The molecule has 0 aliphatic carbocycles. The summed E-state index contributed by atoms with van der Waals surface area (Å²) in [6, 6.07) is 14.2. The molecule has 1 aromatic heterocycles. The predicted octanol–water partition coefficient (Wildman–Crippen LogP) is 4.57. The van der Waals surface area contributed by atoms with Crippen molar-refractivity contribution in [2.45, 2.75) is 21.6 Å². The molecule has 5 rings (SSSR count). The molecule has 0 bridgehead atoms. The second-order valence-electron chi connectivity index (χ2n) is 9.55. The zero-order valence-corrected chi connectivity index (χ0v) is 30.6. The summed E-state index contributed by atoms with van der Waals surface area (Å²) in [5, 5.41) is 23.3. The van der Waals surface area contributed by atoms with Crippen LogP contribution in [0.5, 0.6) is 5.75 Å². The number of aryl methyl sites for hydroxylation is 1. The van der Waals surface area contributed by atoms with Crippen molar-refractivity contribution in [3.05, 3.63) is 77.6 Å². The number of phenolic OH excluding ortho intramolecular Hbond substituents is 1. The normalized spacial score (nSPS) is 11.9. The molecule has 0 spiro atoms. The van der Waals surface area contributed by atoms with Gasteiger partial charge in [-0.3, -0.25) is 13.7 Å². The number of para-hydroxylation sites is 1. The van der Waals surface area contributed by atoms with Gasteiger partial charge in [0, 0.05) is 59.5 Å². The first-order valence-corrected chi connectivity index (χ1v) is 17.4. The van der Waals surface area contributed by atoms with E-state index in [1.807, 2.05) is 19.1 Å². The molecule has 246 valence electrons. The number of hydrogen-bond acceptors (Lipinski definition) is 14. The van der Waals surface area contributed by atoms with Gasteiger partial charge < -0.3 is 15.7 Å². The van der Waals surface area contributed by atoms with Crippen LogP contribution >= 0.6 is 11.6 Å². The molecule has 0 amide bonds. The van der Waals surface area contributed by atoms with Crippen molar-refractivity contribution in [1.29, 1.82) is 0 Å². The van der Waals surface area contributed by atoms with E-state index < -0.39 is 62.2 Å². The van der Waals surface area contributed by atoms with Gasteiger partial charge in [-0.05, 0) is 65.9 Å². The monoisotopic (exact) mass is 751 g/mol. The topological polar surface area (TPSA) is 271 Å². The number of anilines is 4. The number of hydrogen-bond donors (Lipinski definition) is 6. The second kappa shape index (κ2) is 15.3. The summed E-state index contributed by atoms with van der Waals surface area (Å²) in [5.41, 5.74) is -0.285. The fourth-order valence-corrected chi connectivity index (χ4v) is 6.26. The number of nitrogens with one attached hydrogen (secondary N) is 2. The van der Waals surface area contributed by atoms with Crippen LogP contribution in [0.25, 0.3) is 10.8 Å². The number of phenols is 1. The summed E-state index contributed by atoms with van der Waals surface area (Å²) in [4.78, 5) is 9.59. The molecule has 0 fully saturated rings. The summed E-state index contributed by atoms with van der Waals surface area (Å²) in [5.74, 6) is -1.37. The molecule has 0 atom stereocenters. The van der Waals surface area contributed by atoms with Crippen LogP contribution in [0, 0.1) is 6.92 Å². The Balaban J connectivity index is 0.00000325. The average Bonchev–Trinajstić information content (AvgIpc) is 2.96. The molecular weight excluding hydrogens is 732 g/mol. The molecule has 0 aliphatic rings. The average molecular weight is 752 g/mol. The van der Waals surface area contributed by atoms with Gasteiger partial charge in [0.25, 0.3) is 30.4 Å². The zero-order chi connectivity index (χ0) is 34.3. The van der Waals surface area contributed by atoms with Crippen LogP contribution in [0.2, 0.25) is 5.28 Å². The molecular formula is C26H20ClLiN7NaO10S3. The summed E-state index contributed by atoms with van der Waals surface area (Å²) in [6.45, 7) is 1.82. The Morgan fingerprint density at radius 1 is 0.714 bits per heavy atom. The summed E-state index contributed by atoms with van der Waals surface area (Å²) >= 11 is 6.11. The number of aromatic nitrogens is 3. The van der Waals surface area contributed by atoms with Crippen LogP contribution in [0.1, 0.15) is 5.56 Å². The maximum atomic E-state index is 12.4. The Labute approximate surface area is 318 Å². The summed E-state index contributed by atoms with van der Waals surface area (Å²) in [7, 11) is -15.0. The number of azo groups is 1. The van der Waals surface area contributed by atoms with Crippen LogP contribution < -0.4 is 10.6 Å². The van der Waals surface area contributed by atoms with Gasteiger partial charge in [0.2, 0.25) is 17.2 Å². The van der Waals surface area contributed by atoms with Crippen molar-refractivity contribution in [2.24, 2.45) is 10.2 Å². The van der Waals surface area contributed by atoms with Gasteiger partial charge in [0.15, 0.2) is 5.75 Å². The largest absolute Gasteiger partial charge is 0.505 e. The van der Waals surface area contributed by atoms with E-state index in [0.29, 0.717) is 5.69 Å². The van der Waals surface area contributed by atoms with E-state index in [4.69, 9.17) is 11.6 Å². The molecule has 2 radical (unpaired) electrons. The predicted molar refractivity (Wildman–Crippen MR) is 180 cm³/mol. The number of fused-ring (bicyclic) bond motifs is 1. The van der Waals surface area contributed by atoms with Gasteiger partial charge in [0.05, 0.1) is 10.6 Å². The number of halogens is 1. The van der Waals surface area contributed by atoms with Gasteiger partial charge in [-0.15, -0.1) is 10.2 Å². The van der Waals surface area contributed by atoms with Crippen molar-refractivity contribution < 1.29 is 44.0 Å². The smallest absolute Gasteiger partial charge is 0.296 e. The van der Waals surface area contributed by atoms with Crippen molar-refractivity contribution in [1.82, 2.24) is 15.0 Å². The molecule has 5 aromatic rings. The van der Waals surface area contributed by atoms with E-state index in [0.717, 1.165) is 35.9 Å². The minimum Gasteiger partial charge on any atom is -0.505 e. The molecule has 6 N–H and O–H groups in total. The molecule has 23 heteroatoms. The number of rotatable bonds is 9. The Hall–Kier alpha value is -3.23. The SMILES string of the molecule is Cc1ccccc1Nc1nc(Cl)nc(Nc2cc(S(=O)(=O)O)cc3cc(S(=O)(=O)O)c(N=Nc4ccccc4S(=O)(=O)O)c(O)c23)n1.[Li].[Na]. The Kier molecular flexibility index (Phi) is 12.6. The molecule has 0 saturated heterocycles. The van der Waals surface area contributed by atoms with Crippen LogP contribution in [-0.4, -0.2) is 107 Å². The minimum absolute atomic E-state index is 0. The third kappa shape index (κ3) is 9.31. The van der Waals surface area contributed by atoms with E-state index in [1.54, 1.807) is 12.1 Å². The minimum atomic E-state index is -5.23. The van der Waals surface area contributed by atoms with Crippen LogP contribution in [0.15, 0.2) is 91.6 Å². The van der Waals surface area contributed by atoms with Crippen molar-refractivity contribution in [2.75, 3.05) is 10.6 Å². The Morgan fingerprint density at radius 3 is 1.88 bits per heavy atom. The standard InChI is InChI=1S/C26H20ClN7O10S3.Li.Na/c1-13-6-2-3-7-16(13)28-25-30-24(27)31-26(32-25)29-18-12-15(45(36,37)38)10-14-11-20(47(42,43)44)22(23(35)21(14)18)34-33-17-8-4-5-9-19(17)46(39,40)41;;/h2-12,35H,1H3,(H,36,37,38)(H,39,40,41)(H,42,43,44)(H2,28,29,30,31,32);;. The van der Waals surface area contributed by atoms with E-state index >= 15 is 0 Å². The third-order valence-electron chi connectivity index (χ3n) is 6.35. The summed E-state index contributed by atoms with van der Waals surface area (Å²) in [6.07, 6.45) is 0. The first-order chi connectivity index (χ1) is 21.9. The molecule has 0 saturated carbocycles. The Bertz CT molecular complexity index is 2460. The van der Waals surface area contributed by atoms with Crippen LogP contribution in [0.3, 0.4) is 0 Å². The first-order valence-electron chi connectivity index (χ1n) is 12.7. The maximum Gasteiger partial charge on any atom is 0.296 e. The number of nitrogens with zero attached hydrogens (tertiary/aromatic N) is 5. The van der Waals surface area contributed by atoms with Gasteiger partial charge in [-0.1, -0.05) is 30.3 Å². The summed E-state index contributed by atoms with van der Waals surface area (Å²) < 4.78 is 102. The van der Waals surface area contributed by atoms with E-state index in [1.165, 1.54) is 12.1 Å². The molecule has 17 nitrogen and oxygen atoms in total. The van der Waals surface area contributed by atoms with E-state index in [2.05, 4.69) is 35.8 Å².